The number of anilines is 3. The van der Waals surface area contributed by atoms with Crippen LogP contribution in [0.5, 0.6) is 0 Å². The van der Waals surface area contributed by atoms with Gasteiger partial charge < -0.3 is 21.1 Å². The van der Waals surface area contributed by atoms with Gasteiger partial charge in [-0.05, 0) is 50.8 Å². The van der Waals surface area contributed by atoms with Crippen LogP contribution in [0.3, 0.4) is 0 Å². The number of hydrogen-bond acceptors (Lipinski definition) is 6. The Morgan fingerprint density at radius 3 is 2.90 bits per heavy atom. The first-order valence-corrected chi connectivity index (χ1v) is 10.9. The van der Waals surface area contributed by atoms with E-state index in [2.05, 4.69) is 25.9 Å². The number of fused-ring (bicyclic) bond motifs is 1. The van der Waals surface area contributed by atoms with Crippen molar-refractivity contribution in [3.8, 4) is 0 Å². The minimum absolute atomic E-state index is 0.196. The monoisotopic (exact) mass is 417 g/mol. The second-order valence-corrected chi connectivity index (χ2v) is 8.63. The van der Waals surface area contributed by atoms with Crippen LogP contribution < -0.4 is 16.0 Å². The van der Waals surface area contributed by atoms with E-state index in [0.29, 0.717) is 24.7 Å². The fourth-order valence-electron chi connectivity index (χ4n) is 4.26. The Kier molecular flexibility index (Phi) is 5.22. The molecule has 3 aromatic rings. The van der Waals surface area contributed by atoms with Crippen LogP contribution in [0, 0.1) is 19.4 Å². The maximum absolute atomic E-state index is 10.3. The molecule has 0 bridgehead atoms. The Bertz CT molecular complexity index is 1140. The zero-order valence-electron chi connectivity index (χ0n) is 17.6. The summed E-state index contributed by atoms with van der Waals surface area (Å²) >= 11 is 0. The molecule has 8 heteroatoms. The molecule has 4 N–H and O–H groups in total. The van der Waals surface area contributed by atoms with E-state index >= 15 is 0 Å². The summed E-state index contributed by atoms with van der Waals surface area (Å²) in [4.78, 5) is 8.43. The molecule has 1 aromatic carbocycles. The molecule has 2 aliphatic rings. The Labute approximate surface area is 181 Å². The summed E-state index contributed by atoms with van der Waals surface area (Å²) in [6.07, 6.45) is 4.86. The van der Waals surface area contributed by atoms with E-state index in [0.717, 1.165) is 41.5 Å². The highest BCUT2D eigenvalue weighted by atomic mass is 16.3. The van der Waals surface area contributed by atoms with Crippen molar-refractivity contribution in [2.45, 2.75) is 38.2 Å². The van der Waals surface area contributed by atoms with E-state index in [1.165, 1.54) is 18.4 Å². The number of β-amino-alcohol motifs (C(OH)–C–C–N with tert-alkyl or cyclic N) is 1. The smallest absolute Gasteiger partial charge is 0.189 e. The van der Waals surface area contributed by atoms with Crippen molar-refractivity contribution >= 4 is 28.7 Å². The van der Waals surface area contributed by atoms with Crippen molar-refractivity contribution in [1.29, 1.82) is 0 Å². The largest absolute Gasteiger partial charge is 0.391 e. The van der Waals surface area contributed by atoms with Gasteiger partial charge in [0.2, 0.25) is 0 Å². The van der Waals surface area contributed by atoms with Crippen LogP contribution in [0.2, 0.25) is 0 Å². The minimum Gasteiger partial charge on any atom is -0.391 e. The van der Waals surface area contributed by atoms with Crippen LogP contribution >= 0.6 is 0 Å². The molecule has 3 heterocycles. The van der Waals surface area contributed by atoms with Crippen molar-refractivity contribution in [3.05, 3.63) is 53.0 Å². The lowest BCUT2D eigenvalue weighted by Gasteiger charge is -2.28. The lowest BCUT2D eigenvalue weighted by Crippen LogP contribution is -2.43. The van der Waals surface area contributed by atoms with Gasteiger partial charge in [-0.15, -0.1) is 0 Å². The SMILES string of the molecule is [C-]#[N+]c1cc(C)cc(Nc2cc(NC[C@H]3CCNC[C@@H]3O)nc3c(C4CC4)cnn23)c1. The predicted molar refractivity (Wildman–Crippen MR) is 121 cm³/mol. The third-order valence-corrected chi connectivity index (χ3v) is 6.11. The Morgan fingerprint density at radius 2 is 2.13 bits per heavy atom. The number of hydrogen-bond donors (Lipinski definition) is 4. The maximum Gasteiger partial charge on any atom is 0.189 e. The van der Waals surface area contributed by atoms with Gasteiger partial charge in [0.25, 0.3) is 0 Å². The molecule has 8 nitrogen and oxygen atoms in total. The van der Waals surface area contributed by atoms with Crippen LogP contribution in [0.25, 0.3) is 10.5 Å². The predicted octanol–water partition coefficient (Wildman–Crippen LogP) is 3.59. The summed E-state index contributed by atoms with van der Waals surface area (Å²) in [6.45, 7) is 11.6. The quantitative estimate of drug-likeness (QED) is 0.458. The standard InChI is InChI=1S/C23H27N7O/c1-14-7-17(24-2)9-18(8-14)28-22-10-21(26-11-16-5-6-25-13-20(16)31)29-23-19(15-3-4-15)12-27-30(22)23/h7-10,12,15-16,20,25,28,31H,3-6,11,13H2,1H3,(H,26,29)/t16-,20+/m1/s1. The number of aryl methyl sites for hydroxylation is 1. The van der Waals surface area contributed by atoms with Crippen molar-refractivity contribution in [3.63, 3.8) is 0 Å². The fraction of sp³-hybridized carbons (Fsp3) is 0.435. The van der Waals surface area contributed by atoms with Gasteiger partial charge in [0, 0.05) is 36.3 Å². The lowest BCUT2D eigenvalue weighted by atomic mass is 9.95. The molecule has 0 unspecified atom stereocenters. The molecule has 2 aromatic heterocycles. The summed E-state index contributed by atoms with van der Waals surface area (Å²) in [5.41, 5.74) is 4.52. The van der Waals surface area contributed by atoms with Gasteiger partial charge in [-0.2, -0.15) is 9.61 Å². The van der Waals surface area contributed by atoms with Crippen molar-refractivity contribution in [2.24, 2.45) is 5.92 Å². The average Bonchev–Trinajstić information content (AvgIpc) is 3.51. The molecule has 0 spiro atoms. The molecule has 5 rings (SSSR count). The topological polar surface area (TPSA) is 90.9 Å². The fourth-order valence-corrected chi connectivity index (χ4v) is 4.26. The van der Waals surface area contributed by atoms with Gasteiger partial charge in [0.05, 0.1) is 18.9 Å². The maximum atomic E-state index is 10.3. The van der Waals surface area contributed by atoms with Gasteiger partial charge in [-0.1, -0.05) is 11.6 Å². The highest BCUT2D eigenvalue weighted by molar-refractivity contribution is 5.69. The second-order valence-electron chi connectivity index (χ2n) is 8.63. The van der Waals surface area contributed by atoms with Gasteiger partial charge >= 0.3 is 0 Å². The zero-order valence-corrected chi connectivity index (χ0v) is 17.6. The molecule has 2 atom stereocenters. The molecule has 0 radical (unpaired) electrons. The summed E-state index contributed by atoms with van der Waals surface area (Å²) < 4.78 is 1.85. The van der Waals surface area contributed by atoms with E-state index in [1.807, 2.05) is 41.9 Å². The third-order valence-electron chi connectivity index (χ3n) is 6.11. The molecule has 1 aliphatic heterocycles. The first kappa shape index (κ1) is 19.8. The van der Waals surface area contributed by atoms with Crippen LogP contribution in [0.15, 0.2) is 30.5 Å². The lowest BCUT2D eigenvalue weighted by molar-refractivity contribution is 0.0883. The highest BCUT2D eigenvalue weighted by Gasteiger charge is 2.28. The number of nitrogens with zero attached hydrogens (tertiary/aromatic N) is 4. The van der Waals surface area contributed by atoms with Crippen LogP contribution in [-0.2, 0) is 0 Å². The van der Waals surface area contributed by atoms with E-state index in [-0.39, 0.29) is 12.0 Å². The molecule has 160 valence electrons. The first-order chi connectivity index (χ1) is 15.1. The molecule has 1 saturated carbocycles. The number of aliphatic hydroxyl groups excluding tert-OH is 1. The van der Waals surface area contributed by atoms with Crippen molar-refractivity contribution < 1.29 is 5.11 Å². The zero-order chi connectivity index (χ0) is 21.4. The molecule has 0 amide bonds. The Balaban J connectivity index is 1.47. The highest BCUT2D eigenvalue weighted by Crippen LogP contribution is 2.42. The summed E-state index contributed by atoms with van der Waals surface area (Å²) in [7, 11) is 0. The Morgan fingerprint density at radius 1 is 1.26 bits per heavy atom. The summed E-state index contributed by atoms with van der Waals surface area (Å²) in [5.74, 6) is 2.29. The van der Waals surface area contributed by atoms with Crippen LogP contribution in [0.4, 0.5) is 23.0 Å². The van der Waals surface area contributed by atoms with Crippen LogP contribution in [0.1, 0.15) is 36.3 Å². The number of rotatable bonds is 6. The molecule has 31 heavy (non-hydrogen) atoms. The molecule has 1 aliphatic carbocycles. The van der Waals surface area contributed by atoms with Gasteiger partial charge in [0.15, 0.2) is 11.3 Å². The Hall–Kier alpha value is -3.15. The minimum atomic E-state index is -0.348. The van der Waals surface area contributed by atoms with E-state index < -0.39 is 0 Å². The van der Waals surface area contributed by atoms with Crippen LogP contribution in [-0.4, -0.2) is 45.4 Å². The second kappa shape index (κ2) is 8.17. The number of aliphatic hydroxyl groups is 1. The average molecular weight is 418 g/mol. The van der Waals surface area contributed by atoms with Crippen molar-refractivity contribution in [2.75, 3.05) is 30.3 Å². The van der Waals surface area contributed by atoms with E-state index in [4.69, 9.17) is 11.6 Å². The molecule has 2 fully saturated rings. The number of aromatic nitrogens is 3. The summed E-state index contributed by atoms with van der Waals surface area (Å²) in [6, 6.07) is 7.68. The number of benzene rings is 1. The first-order valence-electron chi connectivity index (χ1n) is 10.9. The van der Waals surface area contributed by atoms with E-state index in [1.54, 1.807) is 0 Å². The molecule has 1 saturated heterocycles. The van der Waals surface area contributed by atoms with E-state index in [9.17, 15) is 5.11 Å². The van der Waals surface area contributed by atoms with Gasteiger partial charge in [0.1, 0.15) is 11.6 Å². The molecular formula is C23H27N7O. The van der Waals surface area contributed by atoms with Gasteiger partial charge in [-0.3, -0.25) is 0 Å². The molecular weight excluding hydrogens is 390 g/mol. The number of piperidine rings is 1. The van der Waals surface area contributed by atoms with Gasteiger partial charge in [-0.25, -0.2) is 9.83 Å². The number of nitrogens with one attached hydrogen (secondary N) is 3. The summed E-state index contributed by atoms with van der Waals surface area (Å²) in [5, 5.41) is 25.0. The van der Waals surface area contributed by atoms with Crippen molar-refractivity contribution in [1.82, 2.24) is 19.9 Å². The third kappa shape index (κ3) is 4.20. The normalized spacial score (nSPS) is 21.1.